The van der Waals surface area contributed by atoms with Crippen LogP contribution in [0.5, 0.6) is 5.75 Å². The monoisotopic (exact) mass is 307 g/mol. The summed E-state index contributed by atoms with van der Waals surface area (Å²) in [5, 5.41) is 0.914. The second-order valence-corrected chi connectivity index (χ2v) is 6.10. The van der Waals surface area contributed by atoms with Crippen molar-refractivity contribution in [3.05, 3.63) is 18.2 Å². The van der Waals surface area contributed by atoms with Crippen LogP contribution in [-0.2, 0) is 4.79 Å². The number of carbonyl (C=O) groups excluding carboxylic acids is 1. The molecule has 5 nitrogen and oxygen atoms in total. The number of carbonyl (C=O) groups is 1. The van der Waals surface area contributed by atoms with Crippen LogP contribution in [0, 0.1) is 0 Å². The second kappa shape index (κ2) is 7.36. The molecule has 114 valence electrons. The highest BCUT2D eigenvalue weighted by Crippen LogP contribution is 2.23. The first kappa shape index (κ1) is 15.7. The molecule has 1 heterocycles. The number of methoxy groups -OCH3 is 1. The van der Waals surface area contributed by atoms with Crippen molar-refractivity contribution in [1.29, 1.82) is 0 Å². The number of ether oxygens (including phenoxy) is 1. The normalized spacial score (nSPS) is 10.8. The van der Waals surface area contributed by atoms with E-state index in [9.17, 15) is 4.79 Å². The largest absolute Gasteiger partial charge is 0.497 e. The number of aromatic nitrogens is 2. The van der Waals surface area contributed by atoms with Crippen LogP contribution in [0.2, 0.25) is 0 Å². The maximum atomic E-state index is 11.4. The fraction of sp³-hybridized carbons (Fsp3) is 0.467. The number of unbranched alkanes of at least 4 members (excludes halogenated alkanes) is 1. The molecule has 0 fully saturated rings. The molecule has 2 aromatic rings. The zero-order valence-corrected chi connectivity index (χ0v) is 13.5. The van der Waals surface area contributed by atoms with E-state index in [1.165, 1.54) is 0 Å². The fourth-order valence-corrected chi connectivity index (χ4v) is 2.82. The van der Waals surface area contributed by atoms with Crippen LogP contribution in [0.15, 0.2) is 23.4 Å². The van der Waals surface area contributed by atoms with Crippen molar-refractivity contribution in [2.24, 2.45) is 0 Å². The van der Waals surface area contributed by atoms with E-state index >= 15 is 0 Å². The Hall–Kier alpha value is -1.69. The topological polar surface area (TPSA) is 58.2 Å². The Kier molecular flexibility index (Phi) is 5.50. The van der Waals surface area contributed by atoms with Crippen molar-refractivity contribution in [1.82, 2.24) is 14.9 Å². The summed E-state index contributed by atoms with van der Waals surface area (Å²) >= 11 is 1.69. The third-order valence-electron chi connectivity index (χ3n) is 3.19. The number of nitrogens with one attached hydrogen (secondary N) is 1. The van der Waals surface area contributed by atoms with E-state index in [1.54, 1.807) is 37.9 Å². The summed E-state index contributed by atoms with van der Waals surface area (Å²) in [6.07, 6.45) is 2.54. The van der Waals surface area contributed by atoms with Crippen LogP contribution in [-0.4, -0.2) is 47.7 Å². The van der Waals surface area contributed by atoms with E-state index in [1.807, 2.05) is 18.2 Å². The molecule has 0 radical (unpaired) electrons. The number of amides is 1. The quantitative estimate of drug-likeness (QED) is 0.631. The number of fused-ring (bicyclic) bond motifs is 1. The van der Waals surface area contributed by atoms with E-state index in [-0.39, 0.29) is 5.91 Å². The Balaban J connectivity index is 1.80. The van der Waals surface area contributed by atoms with Gasteiger partial charge in [-0.1, -0.05) is 11.8 Å². The molecule has 0 aliphatic carbocycles. The average Bonchev–Trinajstić information content (AvgIpc) is 2.87. The number of aromatic amines is 1. The van der Waals surface area contributed by atoms with Crippen molar-refractivity contribution >= 4 is 28.7 Å². The van der Waals surface area contributed by atoms with Crippen LogP contribution in [0.4, 0.5) is 0 Å². The third-order valence-corrected chi connectivity index (χ3v) is 4.15. The van der Waals surface area contributed by atoms with Crippen LogP contribution < -0.4 is 4.74 Å². The van der Waals surface area contributed by atoms with Gasteiger partial charge >= 0.3 is 0 Å². The molecule has 1 amide bonds. The number of H-pyrrole nitrogens is 1. The summed E-state index contributed by atoms with van der Waals surface area (Å²) in [6.45, 7) is 0. The summed E-state index contributed by atoms with van der Waals surface area (Å²) in [7, 11) is 5.24. The molecule has 0 aliphatic rings. The number of hydrogen-bond donors (Lipinski definition) is 1. The second-order valence-electron chi connectivity index (χ2n) is 5.02. The van der Waals surface area contributed by atoms with E-state index in [2.05, 4.69) is 9.97 Å². The van der Waals surface area contributed by atoms with Crippen LogP contribution in [0.1, 0.15) is 19.3 Å². The van der Waals surface area contributed by atoms with Gasteiger partial charge in [0.05, 0.1) is 18.1 Å². The summed E-state index contributed by atoms with van der Waals surface area (Å²) < 4.78 is 5.20. The Labute approximate surface area is 129 Å². The van der Waals surface area contributed by atoms with Gasteiger partial charge in [-0.3, -0.25) is 4.79 Å². The molecule has 21 heavy (non-hydrogen) atoms. The maximum Gasteiger partial charge on any atom is 0.222 e. The van der Waals surface area contributed by atoms with Crippen molar-refractivity contribution in [3.63, 3.8) is 0 Å². The van der Waals surface area contributed by atoms with Gasteiger partial charge in [0.2, 0.25) is 5.91 Å². The predicted octanol–water partition coefficient (Wildman–Crippen LogP) is 2.92. The van der Waals surface area contributed by atoms with Gasteiger partial charge in [0.25, 0.3) is 0 Å². The predicted molar refractivity (Wildman–Crippen MR) is 85.9 cm³/mol. The van der Waals surface area contributed by atoms with Gasteiger partial charge in [0.15, 0.2) is 5.16 Å². The molecule has 1 aromatic heterocycles. The van der Waals surface area contributed by atoms with Gasteiger partial charge < -0.3 is 14.6 Å². The minimum atomic E-state index is 0.191. The maximum absolute atomic E-state index is 11.4. The van der Waals surface area contributed by atoms with Gasteiger partial charge in [-0.15, -0.1) is 0 Å². The number of benzene rings is 1. The Morgan fingerprint density at radius 3 is 2.90 bits per heavy atom. The van der Waals surface area contributed by atoms with Crippen LogP contribution in [0.25, 0.3) is 11.0 Å². The van der Waals surface area contributed by atoms with Crippen molar-refractivity contribution in [3.8, 4) is 5.75 Å². The van der Waals surface area contributed by atoms with Gasteiger partial charge in [-0.05, 0) is 25.0 Å². The third kappa shape index (κ3) is 4.39. The SMILES string of the molecule is COc1ccc2nc(SCCCCC(=O)N(C)C)[nH]c2c1. The van der Waals surface area contributed by atoms with Gasteiger partial charge in [0, 0.05) is 32.3 Å². The smallest absolute Gasteiger partial charge is 0.222 e. The van der Waals surface area contributed by atoms with Crippen LogP contribution in [0.3, 0.4) is 0 Å². The van der Waals surface area contributed by atoms with Crippen molar-refractivity contribution in [2.45, 2.75) is 24.4 Å². The minimum Gasteiger partial charge on any atom is -0.497 e. The number of hydrogen-bond acceptors (Lipinski definition) is 4. The van der Waals surface area contributed by atoms with Gasteiger partial charge in [-0.2, -0.15) is 0 Å². The van der Waals surface area contributed by atoms with Crippen molar-refractivity contribution in [2.75, 3.05) is 27.0 Å². The number of imidazole rings is 1. The Bertz CT molecular complexity index is 610. The Morgan fingerprint density at radius 2 is 2.19 bits per heavy atom. The number of rotatable bonds is 7. The molecule has 0 spiro atoms. The molecule has 1 aromatic carbocycles. The first-order chi connectivity index (χ1) is 10.1. The first-order valence-electron chi connectivity index (χ1n) is 6.97. The van der Waals surface area contributed by atoms with Gasteiger partial charge in [0.1, 0.15) is 5.75 Å². The summed E-state index contributed by atoms with van der Waals surface area (Å²) in [5.74, 6) is 1.97. The highest BCUT2D eigenvalue weighted by atomic mass is 32.2. The zero-order chi connectivity index (χ0) is 15.2. The highest BCUT2D eigenvalue weighted by molar-refractivity contribution is 7.99. The molecular formula is C15H21N3O2S. The zero-order valence-electron chi connectivity index (χ0n) is 12.7. The lowest BCUT2D eigenvalue weighted by Crippen LogP contribution is -2.21. The summed E-state index contributed by atoms with van der Waals surface area (Å²) in [6, 6.07) is 5.80. The summed E-state index contributed by atoms with van der Waals surface area (Å²) in [5.41, 5.74) is 1.93. The van der Waals surface area contributed by atoms with Crippen molar-refractivity contribution < 1.29 is 9.53 Å². The molecule has 0 atom stereocenters. The lowest BCUT2D eigenvalue weighted by molar-refractivity contribution is -0.128. The number of nitrogens with zero attached hydrogens (tertiary/aromatic N) is 2. The first-order valence-corrected chi connectivity index (χ1v) is 7.95. The van der Waals surface area contributed by atoms with E-state index < -0.39 is 0 Å². The molecule has 0 saturated carbocycles. The van der Waals surface area contributed by atoms with E-state index in [4.69, 9.17) is 4.74 Å². The fourth-order valence-electron chi connectivity index (χ4n) is 1.93. The lowest BCUT2D eigenvalue weighted by atomic mass is 10.2. The molecule has 0 saturated heterocycles. The molecule has 1 N–H and O–H groups in total. The lowest BCUT2D eigenvalue weighted by Gasteiger charge is -2.09. The van der Waals surface area contributed by atoms with Gasteiger partial charge in [-0.25, -0.2) is 4.98 Å². The molecule has 6 heteroatoms. The molecular weight excluding hydrogens is 286 g/mol. The number of thioether (sulfide) groups is 1. The Morgan fingerprint density at radius 1 is 1.38 bits per heavy atom. The molecule has 0 unspecified atom stereocenters. The molecule has 2 rings (SSSR count). The molecule has 0 bridgehead atoms. The average molecular weight is 307 g/mol. The van der Waals surface area contributed by atoms with E-state index in [0.29, 0.717) is 6.42 Å². The molecule has 0 aliphatic heterocycles. The highest BCUT2D eigenvalue weighted by Gasteiger charge is 2.06. The summed E-state index contributed by atoms with van der Waals surface area (Å²) in [4.78, 5) is 20.9. The minimum absolute atomic E-state index is 0.191. The standard InChI is InChI=1S/C15H21N3O2S/c1-18(2)14(19)6-4-5-9-21-15-16-12-8-7-11(20-3)10-13(12)17-15/h7-8,10H,4-6,9H2,1-3H3,(H,16,17). The van der Waals surface area contributed by atoms with Crippen LogP contribution >= 0.6 is 11.8 Å². The van der Waals surface area contributed by atoms with E-state index in [0.717, 1.165) is 40.5 Å².